The van der Waals surface area contributed by atoms with E-state index >= 15 is 0 Å². The summed E-state index contributed by atoms with van der Waals surface area (Å²) in [7, 11) is 0. The smallest absolute Gasteiger partial charge is 0.0548 e. The molecule has 46 heavy (non-hydrogen) atoms. The van der Waals surface area contributed by atoms with Gasteiger partial charge in [-0.1, -0.05) is 115 Å². The third-order valence-electron chi connectivity index (χ3n) is 10.2. The van der Waals surface area contributed by atoms with Crippen LogP contribution in [0.2, 0.25) is 0 Å². The molecule has 0 bridgehead atoms. The van der Waals surface area contributed by atoms with Gasteiger partial charge in [0.15, 0.2) is 0 Å². The number of hydrogen-bond acceptors (Lipinski definition) is 0. The third-order valence-corrected chi connectivity index (χ3v) is 10.2. The Balaban J connectivity index is 1.34. The predicted octanol–water partition coefficient (Wildman–Crippen LogP) is 11.8. The molecule has 212 valence electrons. The largest absolute Gasteiger partial charge is 0.309 e. The molecule has 0 saturated heterocycles. The van der Waals surface area contributed by atoms with Crippen molar-refractivity contribution in [2.75, 3.05) is 0 Å². The SMILES string of the molecule is c1ccc(-c2ccc(-n3c4cccc5c4c4c6c(ccc7c6c6c-5cccc6n7-c5ccccc5)ccc43)c3ccccc23)cc1. The molecule has 2 nitrogen and oxygen atoms in total. The van der Waals surface area contributed by atoms with Crippen LogP contribution in [0.1, 0.15) is 0 Å². The maximum Gasteiger partial charge on any atom is 0.0548 e. The number of rotatable bonds is 3. The highest BCUT2D eigenvalue weighted by atomic mass is 15.0. The Hall–Kier alpha value is -6.12. The van der Waals surface area contributed by atoms with Crippen LogP contribution in [-0.2, 0) is 0 Å². The zero-order valence-corrected chi connectivity index (χ0v) is 24.9. The fourth-order valence-corrected chi connectivity index (χ4v) is 8.42. The Bertz CT molecular complexity index is 2890. The van der Waals surface area contributed by atoms with Crippen LogP contribution in [0.4, 0.5) is 0 Å². The van der Waals surface area contributed by atoms with Crippen molar-refractivity contribution >= 4 is 65.2 Å². The molecule has 0 spiro atoms. The zero-order valence-electron chi connectivity index (χ0n) is 24.9. The lowest BCUT2D eigenvalue weighted by molar-refractivity contribution is 1.18. The Morgan fingerprint density at radius 2 is 0.870 bits per heavy atom. The van der Waals surface area contributed by atoms with Gasteiger partial charge in [0.2, 0.25) is 0 Å². The van der Waals surface area contributed by atoms with Crippen molar-refractivity contribution in [2.45, 2.75) is 0 Å². The van der Waals surface area contributed by atoms with Crippen LogP contribution in [0.25, 0.3) is 98.8 Å². The van der Waals surface area contributed by atoms with E-state index in [4.69, 9.17) is 0 Å². The van der Waals surface area contributed by atoms with Crippen LogP contribution in [0.5, 0.6) is 0 Å². The standard InChI is InChI=1S/C44H26N2/c1-3-11-27(12-4-1)30-23-26-35(32-16-8-7-15-31(30)32)46-37-20-10-18-34-33-17-9-19-36-41(33)43-38(45(36)29-13-5-2-6-14-29)24-21-28-22-25-39(46)44(40(28)43)42(34)37/h1-26H. The molecule has 1 aliphatic carbocycles. The highest BCUT2D eigenvalue weighted by molar-refractivity contribution is 6.38. The second-order valence-electron chi connectivity index (χ2n) is 12.5. The molecule has 0 amide bonds. The maximum absolute atomic E-state index is 2.52. The van der Waals surface area contributed by atoms with Crippen LogP contribution < -0.4 is 0 Å². The van der Waals surface area contributed by atoms with Crippen molar-refractivity contribution < 1.29 is 0 Å². The minimum atomic E-state index is 1.19. The number of para-hydroxylation sites is 1. The Kier molecular flexibility index (Phi) is 4.61. The highest BCUT2D eigenvalue weighted by Gasteiger charge is 2.27. The number of hydrogen-bond donors (Lipinski definition) is 0. The molecule has 0 radical (unpaired) electrons. The van der Waals surface area contributed by atoms with E-state index in [1.54, 1.807) is 0 Å². The number of benzene rings is 8. The van der Waals surface area contributed by atoms with E-state index in [1.165, 1.54) is 98.8 Å². The van der Waals surface area contributed by atoms with Crippen LogP contribution in [0.15, 0.2) is 158 Å². The summed E-state index contributed by atoms with van der Waals surface area (Å²) in [6.07, 6.45) is 0. The molecular formula is C44H26N2. The van der Waals surface area contributed by atoms with Crippen molar-refractivity contribution in [3.63, 3.8) is 0 Å². The van der Waals surface area contributed by atoms with Crippen LogP contribution in [0, 0.1) is 0 Å². The van der Waals surface area contributed by atoms with E-state index in [1.807, 2.05) is 0 Å². The van der Waals surface area contributed by atoms with Crippen molar-refractivity contribution in [3.8, 4) is 33.6 Å². The summed E-state index contributed by atoms with van der Waals surface area (Å²) in [5.74, 6) is 0. The highest BCUT2D eigenvalue weighted by Crippen LogP contribution is 2.51. The lowest BCUT2D eigenvalue weighted by atomic mass is 9.96. The molecule has 2 heteroatoms. The Labute approximate surface area is 265 Å². The number of fused-ring (bicyclic) bond motifs is 2. The fourth-order valence-electron chi connectivity index (χ4n) is 8.42. The van der Waals surface area contributed by atoms with Gasteiger partial charge in [0.25, 0.3) is 0 Å². The van der Waals surface area contributed by atoms with Gasteiger partial charge in [0.05, 0.1) is 27.8 Å². The first-order valence-corrected chi connectivity index (χ1v) is 16.0. The van der Waals surface area contributed by atoms with Crippen LogP contribution >= 0.6 is 0 Å². The van der Waals surface area contributed by atoms with Gasteiger partial charge >= 0.3 is 0 Å². The minimum Gasteiger partial charge on any atom is -0.309 e. The lowest BCUT2D eigenvalue weighted by Crippen LogP contribution is -1.96. The van der Waals surface area contributed by atoms with Gasteiger partial charge in [-0.15, -0.1) is 0 Å². The summed E-state index contributed by atoms with van der Waals surface area (Å²) in [6.45, 7) is 0. The Morgan fingerprint density at radius 1 is 0.304 bits per heavy atom. The van der Waals surface area contributed by atoms with E-state index in [-0.39, 0.29) is 0 Å². The summed E-state index contributed by atoms with van der Waals surface area (Å²) < 4.78 is 4.97. The third kappa shape index (κ3) is 2.96. The average Bonchev–Trinajstić information content (AvgIpc) is 3.60. The molecule has 2 aromatic heterocycles. The maximum atomic E-state index is 2.52. The molecule has 0 unspecified atom stereocenters. The number of nitrogens with zero attached hydrogens (tertiary/aromatic N) is 2. The molecule has 0 atom stereocenters. The Morgan fingerprint density at radius 3 is 1.57 bits per heavy atom. The van der Waals surface area contributed by atoms with Crippen molar-refractivity contribution in [1.29, 1.82) is 0 Å². The minimum absolute atomic E-state index is 1.19. The summed E-state index contributed by atoms with van der Waals surface area (Å²) >= 11 is 0. The molecule has 0 fully saturated rings. The van der Waals surface area contributed by atoms with Gasteiger partial charge in [0, 0.05) is 38.0 Å². The van der Waals surface area contributed by atoms with Gasteiger partial charge < -0.3 is 9.13 Å². The van der Waals surface area contributed by atoms with Gasteiger partial charge in [-0.3, -0.25) is 0 Å². The first kappa shape index (κ1) is 24.2. The molecule has 0 N–H and O–H groups in total. The molecule has 10 aromatic rings. The molecule has 0 aliphatic heterocycles. The number of aromatic nitrogens is 2. The molecule has 8 aromatic carbocycles. The van der Waals surface area contributed by atoms with Crippen molar-refractivity contribution in [2.24, 2.45) is 0 Å². The molecule has 1 aliphatic rings. The monoisotopic (exact) mass is 582 g/mol. The topological polar surface area (TPSA) is 9.86 Å². The van der Waals surface area contributed by atoms with Gasteiger partial charge in [-0.05, 0) is 75.5 Å². The van der Waals surface area contributed by atoms with E-state index in [9.17, 15) is 0 Å². The van der Waals surface area contributed by atoms with E-state index < -0.39 is 0 Å². The quantitative estimate of drug-likeness (QED) is 0.196. The van der Waals surface area contributed by atoms with E-state index in [0.29, 0.717) is 0 Å². The van der Waals surface area contributed by atoms with Crippen molar-refractivity contribution in [1.82, 2.24) is 9.13 Å². The summed E-state index contributed by atoms with van der Waals surface area (Å²) in [6, 6.07) is 58.1. The van der Waals surface area contributed by atoms with Gasteiger partial charge in [0.1, 0.15) is 0 Å². The summed E-state index contributed by atoms with van der Waals surface area (Å²) in [4.78, 5) is 0. The fraction of sp³-hybridized carbons (Fsp3) is 0. The van der Waals surface area contributed by atoms with Gasteiger partial charge in [-0.25, -0.2) is 0 Å². The average molecular weight is 583 g/mol. The second kappa shape index (κ2) is 8.74. The van der Waals surface area contributed by atoms with Gasteiger partial charge in [-0.2, -0.15) is 0 Å². The first-order valence-electron chi connectivity index (χ1n) is 16.0. The van der Waals surface area contributed by atoms with Crippen LogP contribution in [-0.4, -0.2) is 9.13 Å². The molecule has 11 rings (SSSR count). The predicted molar refractivity (Wildman–Crippen MR) is 195 cm³/mol. The van der Waals surface area contributed by atoms with Crippen LogP contribution in [0.3, 0.4) is 0 Å². The molecular weight excluding hydrogens is 556 g/mol. The second-order valence-corrected chi connectivity index (χ2v) is 12.5. The first-order chi connectivity index (χ1) is 22.9. The molecule has 2 heterocycles. The normalized spacial score (nSPS) is 12.3. The molecule has 0 saturated carbocycles. The summed E-state index contributed by atoms with van der Waals surface area (Å²) in [5, 5.41) is 10.5. The van der Waals surface area contributed by atoms with E-state index in [2.05, 4.69) is 167 Å². The zero-order chi connectivity index (χ0) is 29.9. The summed E-state index contributed by atoms with van der Waals surface area (Å²) in [5.41, 5.74) is 12.5. The van der Waals surface area contributed by atoms with E-state index in [0.717, 1.165) is 0 Å². The van der Waals surface area contributed by atoms with Crippen molar-refractivity contribution in [3.05, 3.63) is 158 Å². The lowest BCUT2D eigenvalue weighted by Gasteiger charge is -2.15.